The van der Waals surface area contributed by atoms with Crippen LogP contribution in [-0.2, 0) is 21.1 Å². The summed E-state index contributed by atoms with van der Waals surface area (Å²) in [5, 5.41) is 23.2. The molecule has 0 bridgehead atoms. The number of carbonyl (C=O) groups is 2. The largest absolute Gasteiger partial charge is 0.389 e. The van der Waals surface area contributed by atoms with Crippen molar-refractivity contribution in [1.29, 1.82) is 0 Å². The Morgan fingerprint density at radius 2 is 1.92 bits per heavy atom. The van der Waals surface area contributed by atoms with Gasteiger partial charge in [0.15, 0.2) is 9.84 Å². The molecule has 3 rings (SSSR count). The molecule has 38 heavy (non-hydrogen) atoms. The van der Waals surface area contributed by atoms with Crippen LogP contribution in [0.2, 0.25) is 0 Å². The minimum atomic E-state index is -3.33. The number of likely N-dealkylation sites (N-methyl/N-ethyl adjacent to an activating group) is 1. The maximum Gasteiger partial charge on any atom is 0.251 e. The normalized spacial score (nSPS) is 18.4. The summed E-state index contributed by atoms with van der Waals surface area (Å²) in [5.74, 6) is -0.439. The van der Waals surface area contributed by atoms with Gasteiger partial charge in [-0.05, 0) is 37.5 Å². The van der Waals surface area contributed by atoms with Gasteiger partial charge in [0.05, 0.1) is 12.1 Å². The third-order valence-corrected chi connectivity index (χ3v) is 7.10. The standard InChI is InChI=1S/C26H38N6O5S/c1-5-17(2)29-22-15-19(14-21(31-22)28-16-38(4,36)37)25(34)30-20(13-18-9-7-6-8-10-18)24(33)23-26(35)32(3)12-11-27-23/h6-10,14-15,17,20,23-24,27,33H,5,11-13,16H2,1-4H3,(H,30,34)(H2,28,29,31)/t17?,20-,23?,24-/m0/s1. The second-order valence-corrected chi connectivity index (χ2v) is 11.9. The molecule has 1 aliphatic heterocycles. The van der Waals surface area contributed by atoms with Gasteiger partial charge in [0, 0.05) is 38.0 Å². The molecule has 2 aromatic rings. The molecular weight excluding hydrogens is 508 g/mol. The molecule has 0 saturated carbocycles. The molecule has 0 spiro atoms. The van der Waals surface area contributed by atoms with E-state index in [9.17, 15) is 23.1 Å². The lowest BCUT2D eigenvalue weighted by atomic mass is 9.94. The van der Waals surface area contributed by atoms with Gasteiger partial charge >= 0.3 is 0 Å². The second-order valence-electron chi connectivity index (χ2n) is 9.78. The summed E-state index contributed by atoms with van der Waals surface area (Å²) < 4.78 is 23.4. The van der Waals surface area contributed by atoms with Crippen LogP contribution in [0.1, 0.15) is 36.2 Å². The Morgan fingerprint density at radius 3 is 2.58 bits per heavy atom. The van der Waals surface area contributed by atoms with Crippen molar-refractivity contribution in [3.63, 3.8) is 0 Å². The van der Waals surface area contributed by atoms with Crippen LogP contribution in [-0.4, -0.2) is 91.7 Å². The number of pyridine rings is 1. The zero-order valence-corrected chi connectivity index (χ0v) is 23.1. The van der Waals surface area contributed by atoms with Crippen molar-refractivity contribution in [3.05, 3.63) is 53.6 Å². The predicted molar refractivity (Wildman–Crippen MR) is 148 cm³/mol. The molecule has 11 nitrogen and oxygen atoms in total. The molecule has 2 heterocycles. The average molecular weight is 547 g/mol. The number of nitrogens with zero attached hydrogens (tertiary/aromatic N) is 2. The van der Waals surface area contributed by atoms with Gasteiger partial charge in [-0.3, -0.25) is 9.59 Å². The molecule has 1 aliphatic rings. The second kappa shape index (κ2) is 13.0. The Hall–Kier alpha value is -3.22. The Morgan fingerprint density at radius 1 is 1.24 bits per heavy atom. The van der Waals surface area contributed by atoms with Crippen molar-refractivity contribution >= 4 is 33.3 Å². The number of aromatic nitrogens is 1. The summed E-state index contributed by atoms with van der Waals surface area (Å²) in [4.78, 5) is 32.2. The van der Waals surface area contributed by atoms with E-state index in [2.05, 4.69) is 26.3 Å². The first-order chi connectivity index (χ1) is 18.0. The highest BCUT2D eigenvalue weighted by molar-refractivity contribution is 7.90. The van der Waals surface area contributed by atoms with Crippen LogP contribution in [0.15, 0.2) is 42.5 Å². The number of hydrogen-bond donors (Lipinski definition) is 5. The van der Waals surface area contributed by atoms with Crippen LogP contribution < -0.4 is 21.3 Å². The molecule has 2 unspecified atom stereocenters. The first-order valence-corrected chi connectivity index (χ1v) is 14.7. The van der Waals surface area contributed by atoms with E-state index < -0.39 is 33.9 Å². The van der Waals surface area contributed by atoms with Crippen molar-refractivity contribution in [2.24, 2.45) is 0 Å². The van der Waals surface area contributed by atoms with E-state index in [1.54, 1.807) is 18.0 Å². The lowest BCUT2D eigenvalue weighted by Crippen LogP contribution is -2.63. The first-order valence-electron chi connectivity index (χ1n) is 12.7. The third kappa shape index (κ3) is 8.40. The molecular formula is C26H38N6O5S. The number of aliphatic hydroxyl groups excluding tert-OH is 1. The molecule has 1 aromatic heterocycles. The van der Waals surface area contributed by atoms with Gasteiger partial charge in [-0.25, -0.2) is 13.4 Å². The zero-order valence-electron chi connectivity index (χ0n) is 22.3. The Labute approximate surface area is 224 Å². The van der Waals surface area contributed by atoms with Gasteiger partial charge in [-0.15, -0.1) is 0 Å². The van der Waals surface area contributed by atoms with E-state index in [4.69, 9.17) is 0 Å². The third-order valence-electron chi connectivity index (χ3n) is 6.43. The van der Waals surface area contributed by atoms with Crippen molar-refractivity contribution in [2.75, 3.05) is 42.9 Å². The van der Waals surface area contributed by atoms with Crippen molar-refractivity contribution in [3.8, 4) is 0 Å². The molecule has 1 fully saturated rings. The molecule has 0 radical (unpaired) electrons. The van der Waals surface area contributed by atoms with E-state index in [0.29, 0.717) is 25.3 Å². The SMILES string of the molecule is CCC(C)Nc1cc(C(=O)N[C@@H](Cc2ccccc2)[C@H](O)C2NCCN(C)C2=O)cc(NCS(C)(=O)=O)n1. The number of anilines is 2. The Bertz CT molecular complexity index is 1210. The minimum absolute atomic E-state index is 0.0663. The maximum atomic E-state index is 13.5. The van der Waals surface area contributed by atoms with Crippen molar-refractivity contribution in [1.82, 2.24) is 20.5 Å². The fourth-order valence-corrected chi connectivity index (χ4v) is 4.49. The number of carbonyl (C=O) groups excluding carboxylic acids is 2. The highest BCUT2D eigenvalue weighted by Gasteiger charge is 2.37. The number of piperazine rings is 1. The fourth-order valence-electron chi connectivity index (χ4n) is 4.08. The first kappa shape index (κ1) is 29.3. The van der Waals surface area contributed by atoms with Gasteiger partial charge in [0.1, 0.15) is 23.6 Å². The summed E-state index contributed by atoms with van der Waals surface area (Å²) in [6, 6.07) is 10.9. The minimum Gasteiger partial charge on any atom is -0.389 e. The van der Waals surface area contributed by atoms with E-state index in [0.717, 1.165) is 18.2 Å². The van der Waals surface area contributed by atoms with Crippen molar-refractivity contribution in [2.45, 2.75) is 50.9 Å². The monoisotopic (exact) mass is 546 g/mol. The number of hydrogen-bond acceptors (Lipinski definition) is 9. The van der Waals surface area contributed by atoms with Crippen LogP contribution in [0.4, 0.5) is 11.6 Å². The van der Waals surface area contributed by atoms with Gasteiger partial charge in [-0.2, -0.15) is 0 Å². The van der Waals surface area contributed by atoms with Crippen LogP contribution in [0.3, 0.4) is 0 Å². The maximum absolute atomic E-state index is 13.5. The molecule has 5 N–H and O–H groups in total. The van der Waals surface area contributed by atoms with Crippen molar-refractivity contribution < 1.29 is 23.1 Å². The lowest BCUT2D eigenvalue weighted by molar-refractivity contribution is -0.138. The fraction of sp³-hybridized carbons (Fsp3) is 0.500. The number of benzene rings is 1. The number of amides is 2. The topological polar surface area (TPSA) is 153 Å². The zero-order chi connectivity index (χ0) is 27.9. The molecule has 2 amide bonds. The summed E-state index contributed by atoms with van der Waals surface area (Å²) in [6.45, 7) is 5.03. The summed E-state index contributed by atoms with van der Waals surface area (Å²) in [7, 11) is -1.65. The van der Waals surface area contributed by atoms with Crippen LogP contribution in [0.25, 0.3) is 0 Å². The van der Waals surface area contributed by atoms with Crippen LogP contribution >= 0.6 is 0 Å². The number of rotatable bonds is 12. The van der Waals surface area contributed by atoms with Gasteiger partial charge in [-0.1, -0.05) is 37.3 Å². The van der Waals surface area contributed by atoms with E-state index in [-0.39, 0.29) is 29.2 Å². The number of nitrogens with one attached hydrogen (secondary N) is 4. The quantitative estimate of drug-likeness (QED) is 0.261. The number of sulfone groups is 1. The highest BCUT2D eigenvalue weighted by Crippen LogP contribution is 2.18. The molecule has 0 aliphatic carbocycles. The highest BCUT2D eigenvalue weighted by atomic mass is 32.2. The summed E-state index contributed by atoms with van der Waals surface area (Å²) in [5.41, 5.74) is 1.12. The smallest absolute Gasteiger partial charge is 0.251 e. The van der Waals surface area contributed by atoms with Crippen LogP contribution in [0, 0.1) is 0 Å². The molecule has 12 heteroatoms. The Kier molecular flexibility index (Phi) is 10.1. The number of aliphatic hydroxyl groups is 1. The van der Waals surface area contributed by atoms with Gasteiger partial charge in [0.2, 0.25) is 5.91 Å². The summed E-state index contributed by atoms with van der Waals surface area (Å²) >= 11 is 0. The molecule has 1 aromatic carbocycles. The summed E-state index contributed by atoms with van der Waals surface area (Å²) in [6.07, 6.45) is 1.01. The van der Waals surface area contributed by atoms with E-state index >= 15 is 0 Å². The Balaban J connectivity index is 1.90. The van der Waals surface area contributed by atoms with Gasteiger partial charge in [0.25, 0.3) is 5.91 Å². The van der Waals surface area contributed by atoms with E-state index in [1.165, 1.54) is 6.07 Å². The molecule has 208 valence electrons. The van der Waals surface area contributed by atoms with Crippen LogP contribution in [0.5, 0.6) is 0 Å². The predicted octanol–water partition coefficient (Wildman–Crippen LogP) is 0.838. The average Bonchev–Trinajstić information content (AvgIpc) is 2.88. The molecule has 4 atom stereocenters. The molecule has 1 saturated heterocycles. The van der Waals surface area contributed by atoms with Gasteiger partial charge < -0.3 is 31.3 Å². The van der Waals surface area contributed by atoms with E-state index in [1.807, 2.05) is 44.2 Å². The lowest BCUT2D eigenvalue weighted by Gasteiger charge is -2.36.